The van der Waals surface area contributed by atoms with Crippen LogP contribution in [0.5, 0.6) is 5.75 Å². The fourth-order valence-corrected chi connectivity index (χ4v) is 3.75. The van der Waals surface area contributed by atoms with Crippen LogP contribution in [0.15, 0.2) is 48.5 Å². The van der Waals surface area contributed by atoms with Crippen LogP contribution in [0.4, 0.5) is 0 Å². The summed E-state index contributed by atoms with van der Waals surface area (Å²) in [6.45, 7) is 4.77. The molecule has 1 amide bonds. The third-order valence-electron chi connectivity index (χ3n) is 5.53. The Morgan fingerprint density at radius 2 is 1.66 bits per heavy atom. The second kappa shape index (κ2) is 10.2. The van der Waals surface area contributed by atoms with Crippen molar-refractivity contribution in [2.45, 2.75) is 38.6 Å². The number of hydrogen-bond donors (Lipinski definition) is 1. The first-order valence-corrected chi connectivity index (χ1v) is 10.3. The first-order valence-electron chi connectivity index (χ1n) is 10.3. The lowest BCUT2D eigenvalue weighted by atomic mass is 10.0. The molecule has 0 radical (unpaired) electrons. The van der Waals surface area contributed by atoms with E-state index in [1.54, 1.807) is 31.4 Å². The van der Waals surface area contributed by atoms with Gasteiger partial charge in [-0.1, -0.05) is 29.8 Å². The summed E-state index contributed by atoms with van der Waals surface area (Å²) in [6, 6.07) is 15.7. The van der Waals surface area contributed by atoms with E-state index in [1.807, 2.05) is 0 Å². The number of Topliss-reactive ketones (excluding diaryl/α,β-unsaturated/α-hetero) is 1. The Hall–Kier alpha value is -2.66. The van der Waals surface area contributed by atoms with Crippen molar-refractivity contribution in [1.29, 1.82) is 0 Å². The van der Waals surface area contributed by atoms with E-state index in [4.69, 9.17) is 4.74 Å². The number of benzene rings is 2. The molecule has 1 atom stereocenters. The van der Waals surface area contributed by atoms with Crippen LogP contribution in [-0.4, -0.2) is 43.3 Å². The maximum Gasteiger partial charge on any atom is 0.220 e. The first kappa shape index (κ1) is 21.1. The Morgan fingerprint density at radius 1 is 1.00 bits per heavy atom. The van der Waals surface area contributed by atoms with Gasteiger partial charge in [-0.3, -0.25) is 14.5 Å². The summed E-state index contributed by atoms with van der Waals surface area (Å²) in [4.78, 5) is 27.1. The van der Waals surface area contributed by atoms with Crippen LogP contribution in [0.25, 0.3) is 0 Å². The summed E-state index contributed by atoms with van der Waals surface area (Å²) in [5.41, 5.74) is 3.07. The topological polar surface area (TPSA) is 58.6 Å². The van der Waals surface area contributed by atoms with Crippen molar-refractivity contribution >= 4 is 11.7 Å². The van der Waals surface area contributed by atoms with Crippen molar-refractivity contribution in [3.05, 3.63) is 65.2 Å². The summed E-state index contributed by atoms with van der Waals surface area (Å²) in [6.07, 6.45) is 2.81. The molecule has 1 fully saturated rings. The lowest BCUT2D eigenvalue weighted by Crippen LogP contribution is -2.36. The molecular weight excluding hydrogens is 364 g/mol. The minimum Gasteiger partial charge on any atom is -0.497 e. The monoisotopic (exact) mass is 394 g/mol. The zero-order chi connectivity index (χ0) is 20.6. The number of ether oxygens (including phenoxy) is 1. The van der Waals surface area contributed by atoms with Crippen LogP contribution in [-0.2, 0) is 4.79 Å². The second-order valence-electron chi connectivity index (χ2n) is 7.63. The predicted octanol–water partition coefficient (Wildman–Crippen LogP) is 3.92. The van der Waals surface area contributed by atoms with Crippen LogP contribution in [0, 0.1) is 6.92 Å². The standard InChI is InChI=1S/C24H30N2O3/c1-18-5-7-19(8-6-18)22(26-15-3-4-16-26)17-25-24(28)14-13-23(27)20-9-11-21(29-2)12-10-20/h5-12,22H,3-4,13-17H2,1-2H3,(H,25,28). The number of methoxy groups -OCH3 is 1. The van der Waals surface area contributed by atoms with Gasteiger partial charge in [0.25, 0.3) is 0 Å². The van der Waals surface area contributed by atoms with E-state index < -0.39 is 0 Å². The quantitative estimate of drug-likeness (QED) is 0.655. The summed E-state index contributed by atoms with van der Waals surface area (Å²) in [5.74, 6) is 0.601. The molecule has 0 aliphatic carbocycles. The molecule has 5 heteroatoms. The normalized spacial score (nSPS) is 15.1. The molecule has 3 rings (SSSR count). The zero-order valence-electron chi connectivity index (χ0n) is 17.3. The number of nitrogens with one attached hydrogen (secondary N) is 1. The van der Waals surface area contributed by atoms with Crippen molar-refractivity contribution in [3.8, 4) is 5.75 Å². The average molecular weight is 395 g/mol. The SMILES string of the molecule is COc1ccc(C(=O)CCC(=O)NCC(c2ccc(C)cc2)N2CCCC2)cc1. The molecule has 0 saturated carbocycles. The van der Waals surface area contributed by atoms with Crippen LogP contribution >= 0.6 is 0 Å². The van der Waals surface area contributed by atoms with Gasteiger partial charge in [0.2, 0.25) is 5.91 Å². The molecule has 1 unspecified atom stereocenters. The summed E-state index contributed by atoms with van der Waals surface area (Å²) >= 11 is 0. The fraction of sp³-hybridized carbons (Fsp3) is 0.417. The number of carbonyl (C=O) groups excluding carboxylic acids is 2. The van der Waals surface area contributed by atoms with Crippen molar-refractivity contribution in [2.75, 3.05) is 26.7 Å². The van der Waals surface area contributed by atoms with E-state index in [1.165, 1.54) is 24.0 Å². The Bertz CT molecular complexity index is 809. The van der Waals surface area contributed by atoms with Gasteiger partial charge in [-0.15, -0.1) is 0 Å². The molecule has 1 saturated heterocycles. The molecular formula is C24H30N2O3. The van der Waals surface area contributed by atoms with E-state index in [9.17, 15) is 9.59 Å². The van der Waals surface area contributed by atoms with E-state index in [-0.39, 0.29) is 30.6 Å². The Balaban J connectivity index is 1.52. The molecule has 154 valence electrons. The minimum absolute atomic E-state index is 0.0302. The number of nitrogens with zero attached hydrogens (tertiary/aromatic N) is 1. The van der Waals surface area contributed by atoms with Crippen molar-refractivity contribution in [1.82, 2.24) is 10.2 Å². The minimum atomic E-state index is -0.0804. The smallest absolute Gasteiger partial charge is 0.220 e. The highest BCUT2D eigenvalue weighted by Crippen LogP contribution is 2.25. The fourth-order valence-electron chi connectivity index (χ4n) is 3.75. The zero-order valence-corrected chi connectivity index (χ0v) is 17.3. The van der Waals surface area contributed by atoms with Crippen molar-refractivity contribution < 1.29 is 14.3 Å². The molecule has 1 heterocycles. The highest BCUT2D eigenvalue weighted by molar-refractivity contribution is 5.98. The molecule has 1 N–H and O–H groups in total. The van der Waals surface area contributed by atoms with Gasteiger partial charge in [0.05, 0.1) is 13.2 Å². The van der Waals surface area contributed by atoms with E-state index in [2.05, 4.69) is 41.4 Å². The van der Waals surface area contributed by atoms with Gasteiger partial charge in [-0.25, -0.2) is 0 Å². The molecule has 0 spiro atoms. The summed E-state index contributed by atoms with van der Waals surface area (Å²) in [5, 5.41) is 3.04. The number of likely N-dealkylation sites (tertiary alicyclic amines) is 1. The van der Waals surface area contributed by atoms with Gasteiger partial charge < -0.3 is 10.1 Å². The Labute approximate surface area is 173 Å². The van der Waals surface area contributed by atoms with Gasteiger partial charge in [0.1, 0.15) is 5.75 Å². The third kappa shape index (κ3) is 5.91. The molecule has 2 aromatic rings. The number of rotatable bonds is 9. The molecule has 2 aromatic carbocycles. The largest absolute Gasteiger partial charge is 0.497 e. The third-order valence-corrected chi connectivity index (χ3v) is 5.53. The lowest BCUT2D eigenvalue weighted by molar-refractivity contribution is -0.121. The van der Waals surface area contributed by atoms with Crippen LogP contribution in [0.2, 0.25) is 0 Å². The Morgan fingerprint density at radius 3 is 2.28 bits per heavy atom. The second-order valence-corrected chi connectivity index (χ2v) is 7.63. The lowest BCUT2D eigenvalue weighted by Gasteiger charge is -2.28. The van der Waals surface area contributed by atoms with Crippen molar-refractivity contribution in [2.24, 2.45) is 0 Å². The number of hydrogen-bond acceptors (Lipinski definition) is 4. The molecule has 1 aliphatic heterocycles. The van der Waals surface area contributed by atoms with E-state index in [0.29, 0.717) is 17.9 Å². The maximum atomic E-state index is 12.4. The predicted molar refractivity (Wildman–Crippen MR) is 114 cm³/mol. The molecule has 0 bridgehead atoms. The van der Waals surface area contributed by atoms with E-state index >= 15 is 0 Å². The number of aryl methyl sites for hydroxylation is 1. The molecule has 1 aliphatic rings. The van der Waals surface area contributed by atoms with Gasteiger partial charge in [-0.2, -0.15) is 0 Å². The molecule has 29 heavy (non-hydrogen) atoms. The van der Waals surface area contributed by atoms with Crippen LogP contribution in [0.1, 0.15) is 53.2 Å². The highest BCUT2D eigenvalue weighted by Gasteiger charge is 2.24. The van der Waals surface area contributed by atoms with E-state index in [0.717, 1.165) is 13.1 Å². The highest BCUT2D eigenvalue weighted by atomic mass is 16.5. The van der Waals surface area contributed by atoms with Crippen LogP contribution in [0.3, 0.4) is 0 Å². The Kier molecular flexibility index (Phi) is 7.42. The van der Waals surface area contributed by atoms with Gasteiger partial charge in [0, 0.05) is 24.9 Å². The first-order chi connectivity index (χ1) is 14.1. The summed E-state index contributed by atoms with van der Waals surface area (Å²) < 4.78 is 5.11. The number of ketones is 1. The molecule has 0 aromatic heterocycles. The van der Waals surface area contributed by atoms with Crippen LogP contribution < -0.4 is 10.1 Å². The summed E-state index contributed by atoms with van der Waals surface area (Å²) in [7, 11) is 1.59. The molecule has 5 nitrogen and oxygen atoms in total. The number of amides is 1. The van der Waals surface area contributed by atoms with Gasteiger partial charge >= 0.3 is 0 Å². The maximum absolute atomic E-state index is 12.4. The van der Waals surface area contributed by atoms with Crippen molar-refractivity contribution in [3.63, 3.8) is 0 Å². The number of carbonyl (C=O) groups is 2. The average Bonchev–Trinajstić information content (AvgIpc) is 3.28. The van der Waals surface area contributed by atoms with Gasteiger partial charge in [0.15, 0.2) is 5.78 Å². The van der Waals surface area contributed by atoms with Gasteiger partial charge in [-0.05, 0) is 62.7 Å².